The molecule has 2 nitrogen and oxygen atoms in total. The summed E-state index contributed by atoms with van der Waals surface area (Å²) in [6, 6.07) is 0. The summed E-state index contributed by atoms with van der Waals surface area (Å²) in [6.45, 7) is 5.57. The molecule has 0 radical (unpaired) electrons. The second kappa shape index (κ2) is 4.13. The highest BCUT2D eigenvalue weighted by molar-refractivity contribution is 5.85. The predicted molar refractivity (Wildman–Crippen MR) is 37.3 cm³/mol. The van der Waals surface area contributed by atoms with Gasteiger partial charge in [-0.2, -0.15) is 0 Å². The maximum Gasteiger partial charge on any atom is 0.0454 e. The first-order valence-electron chi connectivity index (χ1n) is 2.81. The highest BCUT2D eigenvalue weighted by Gasteiger charge is 2.03. The molecule has 0 bridgehead atoms. The maximum absolute atomic E-state index is 3.22. The average Bonchev–Trinajstić information content (AvgIpc) is 1.69. The lowest BCUT2D eigenvalue weighted by Crippen LogP contribution is -2.42. The smallest absolute Gasteiger partial charge is 0.0454 e. The first-order valence-corrected chi connectivity index (χ1v) is 2.81. The molecule has 0 saturated carbocycles. The van der Waals surface area contributed by atoms with Gasteiger partial charge in [0.15, 0.2) is 0 Å². The summed E-state index contributed by atoms with van der Waals surface area (Å²) in [7, 11) is 0. The van der Waals surface area contributed by atoms with Crippen molar-refractivity contribution in [3.8, 4) is 0 Å². The van der Waals surface area contributed by atoms with Crippen molar-refractivity contribution < 1.29 is 0 Å². The second-order valence-electron chi connectivity index (χ2n) is 2.19. The summed E-state index contributed by atoms with van der Waals surface area (Å²) in [5, 5.41) is 6.45. The molecule has 0 atom stereocenters. The molecule has 50 valence electrons. The third-order valence-corrected chi connectivity index (χ3v) is 1.24. The van der Waals surface area contributed by atoms with E-state index in [0.29, 0.717) is 0 Å². The number of halogens is 1. The Morgan fingerprint density at radius 2 is 1.75 bits per heavy atom. The Balaban J connectivity index is 0.000000490. The SMILES string of the molecule is CC1CNCNC1.Cl. The van der Waals surface area contributed by atoms with Crippen LogP contribution in [0.4, 0.5) is 0 Å². The van der Waals surface area contributed by atoms with Gasteiger partial charge in [0.05, 0.1) is 0 Å². The van der Waals surface area contributed by atoms with E-state index in [2.05, 4.69) is 17.6 Å². The van der Waals surface area contributed by atoms with Crippen molar-refractivity contribution in [3.05, 3.63) is 0 Å². The van der Waals surface area contributed by atoms with Crippen LogP contribution in [0.1, 0.15) is 6.92 Å². The van der Waals surface area contributed by atoms with Crippen LogP contribution < -0.4 is 10.6 Å². The van der Waals surface area contributed by atoms with E-state index in [1.54, 1.807) is 0 Å². The fourth-order valence-electron chi connectivity index (χ4n) is 0.798. The molecule has 0 aromatic rings. The summed E-state index contributed by atoms with van der Waals surface area (Å²) in [6.07, 6.45) is 0. The van der Waals surface area contributed by atoms with Crippen LogP contribution in [0.3, 0.4) is 0 Å². The lowest BCUT2D eigenvalue weighted by Gasteiger charge is -2.19. The number of hydrogen-bond donors (Lipinski definition) is 2. The third kappa shape index (κ3) is 2.50. The predicted octanol–water partition coefficient (Wildman–Crippen LogP) is 0.195. The molecule has 0 aromatic heterocycles. The lowest BCUT2D eigenvalue weighted by molar-refractivity contribution is 0.397. The zero-order valence-electron chi connectivity index (χ0n) is 5.11. The summed E-state index contributed by atoms with van der Waals surface area (Å²) in [5.41, 5.74) is 0. The molecule has 0 amide bonds. The minimum atomic E-state index is 0. The molecule has 1 heterocycles. The van der Waals surface area contributed by atoms with Crippen LogP contribution in [0.2, 0.25) is 0 Å². The van der Waals surface area contributed by atoms with E-state index in [-0.39, 0.29) is 12.4 Å². The topological polar surface area (TPSA) is 24.1 Å². The molecule has 0 unspecified atom stereocenters. The van der Waals surface area contributed by atoms with Gasteiger partial charge >= 0.3 is 0 Å². The third-order valence-electron chi connectivity index (χ3n) is 1.24. The summed E-state index contributed by atoms with van der Waals surface area (Å²) < 4.78 is 0. The van der Waals surface area contributed by atoms with E-state index >= 15 is 0 Å². The van der Waals surface area contributed by atoms with Crippen LogP contribution in [-0.4, -0.2) is 19.8 Å². The van der Waals surface area contributed by atoms with Crippen molar-refractivity contribution in [2.45, 2.75) is 6.92 Å². The highest BCUT2D eigenvalue weighted by atomic mass is 35.5. The second-order valence-corrected chi connectivity index (χ2v) is 2.19. The van der Waals surface area contributed by atoms with E-state index in [9.17, 15) is 0 Å². The molecular formula is C5H13ClN2. The molecule has 1 rings (SSSR count). The largest absolute Gasteiger partial charge is 0.304 e. The fourth-order valence-corrected chi connectivity index (χ4v) is 0.798. The van der Waals surface area contributed by atoms with Crippen molar-refractivity contribution in [1.82, 2.24) is 10.6 Å². The van der Waals surface area contributed by atoms with Crippen molar-refractivity contribution in [1.29, 1.82) is 0 Å². The van der Waals surface area contributed by atoms with Gasteiger partial charge in [-0.05, 0) is 5.92 Å². The summed E-state index contributed by atoms with van der Waals surface area (Å²) >= 11 is 0. The van der Waals surface area contributed by atoms with Crippen LogP contribution in [0.5, 0.6) is 0 Å². The Hall–Kier alpha value is 0.210. The van der Waals surface area contributed by atoms with Crippen LogP contribution in [0.15, 0.2) is 0 Å². The lowest BCUT2D eigenvalue weighted by atomic mass is 10.1. The van der Waals surface area contributed by atoms with E-state index < -0.39 is 0 Å². The van der Waals surface area contributed by atoms with E-state index in [0.717, 1.165) is 12.6 Å². The van der Waals surface area contributed by atoms with Crippen LogP contribution >= 0.6 is 12.4 Å². The van der Waals surface area contributed by atoms with Gasteiger partial charge in [0.1, 0.15) is 0 Å². The number of rotatable bonds is 0. The Bertz CT molecular complexity index is 52.4. The van der Waals surface area contributed by atoms with Gasteiger partial charge in [0.2, 0.25) is 0 Å². The van der Waals surface area contributed by atoms with Crippen molar-refractivity contribution in [2.75, 3.05) is 19.8 Å². The Morgan fingerprint density at radius 3 is 2.00 bits per heavy atom. The monoisotopic (exact) mass is 136 g/mol. The molecule has 2 N–H and O–H groups in total. The van der Waals surface area contributed by atoms with Crippen molar-refractivity contribution in [3.63, 3.8) is 0 Å². The molecule has 1 saturated heterocycles. The Labute approximate surface area is 56.4 Å². The van der Waals surface area contributed by atoms with Gasteiger partial charge in [0, 0.05) is 19.8 Å². The molecule has 3 heteroatoms. The molecule has 0 aliphatic carbocycles. The Kier molecular flexibility index (Phi) is 4.23. The van der Waals surface area contributed by atoms with Crippen molar-refractivity contribution >= 4 is 12.4 Å². The minimum Gasteiger partial charge on any atom is -0.304 e. The summed E-state index contributed by atoms with van der Waals surface area (Å²) in [4.78, 5) is 0. The van der Waals surface area contributed by atoms with Gasteiger partial charge in [-0.25, -0.2) is 0 Å². The summed E-state index contributed by atoms with van der Waals surface area (Å²) in [5.74, 6) is 0.814. The van der Waals surface area contributed by atoms with Gasteiger partial charge < -0.3 is 10.6 Å². The first kappa shape index (κ1) is 8.21. The van der Waals surface area contributed by atoms with E-state index in [4.69, 9.17) is 0 Å². The van der Waals surface area contributed by atoms with Crippen molar-refractivity contribution in [2.24, 2.45) is 5.92 Å². The molecule has 1 aliphatic rings. The molecular weight excluding hydrogens is 124 g/mol. The van der Waals surface area contributed by atoms with Gasteiger partial charge in [-0.15, -0.1) is 12.4 Å². The van der Waals surface area contributed by atoms with Crippen LogP contribution in [0.25, 0.3) is 0 Å². The van der Waals surface area contributed by atoms with E-state index in [1.165, 1.54) is 13.1 Å². The zero-order valence-corrected chi connectivity index (χ0v) is 5.92. The molecule has 1 aliphatic heterocycles. The average molecular weight is 137 g/mol. The van der Waals surface area contributed by atoms with Crippen LogP contribution in [0, 0.1) is 5.92 Å². The van der Waals surface area contributed by atoms with Gasteiger partial charge in [0.25, 0.3) is 0 Å². The maximum atomic E-state index is 3.22. The standard InChI is InChI=1S/C5H12N2.ClH/c1-5-2-6-4-7-3-5;/h5-7H,2-4H2,1H3;1H. The first-order chi connectivity index (χ1) is 3.39. The van der Waals surface area contributed by atoms with E-state index in [1.807, 2.05) is 0 Å². The van der Waals surface area contributed by atoms with Crippen LogP contribution in [-0.2, 0) is 0 Å². The normalized spacial score (nSPS) is 22.1. The number of nitrogens with one attached hydrogen (secondary N) is 2. The quantitative estimate of drug-likeness (QED) is 0.497. The molecule has 1 fully saturated rings. The fraction of sp³-hybridized carbons (Fsp3) is 1.00. The highest BCUT2D eigenvalue weighted by Crippen LogP contribution is 1.90. The number of hydrogen-bond acceptors (Lipinski definition) is 2. The molecule has 0 aromatic carbocycles. The minimum absolute atomic E-state index is 0. The Morgan fingerprint density at radius 1 is 1.25 bits per heavy atom. The zero-order chi connectivity index (χ0) is 5.11. The molecule has 8 heavy (non-hydrogen) atoms. The van der Waals surface area contributed by atoms with Gasteiger partial charge in [-0.1, -0.05) is 6.92 Å². The van der Waals surface area contributed by atoms with Gasteiger partial charge in [-0.3, -0.25) is 0 Å². The molecule has 0 spiro atoms.